The third-order valence-electron chi connectivity index (χ3n) is 6.01. The first kappa shape index (κ1) is 20.8. The molecule has 0 spiro atoms. The van der Waals surface area contributed by atoms with E-state index in [9.17, 15) is 14.7 Å². The number of fused-ring (bicyclic) bond motifs is 1. The topological polar surface area (TPSA) is 89.0 Å². The van der Waals surface area contributed by atoms with Crippen molar-refractivity contribution in [1.29, 1.82) is 0 Å². The molecule has 33 heavy (non-hydrogen) atoms. The molecule has 0 aliphatic carbocycles. The zero-order valence-electron chi connectivity index (χ0n) is 18.0. The molecule has 166 valence electrons. The second-order valence-corrected chi connectivity index (χ2v) is 7.98. The van der Waals surface area contributed by atoms with E-state index in [1.807, 2.05) is 12.1 Å². The lowest BCUT2D eigenvalue weighted by atomic mass is 9.94. The molecular formula is C26H22N2O5. The highest BCUT2D eigenvalue weighted by atomic mass is 16.5. The quantitative estimate of drug-likeness (QED) is 0.369. The van der Waals surface area contributed by atoms with Crippen LogP contribution in [0.2, 0.25) is 0 Å². The number of ketones is 1. The van der Waals surface area contributed by atoms with E-state index >= 15 is 0 Å². The summed E-state index contributed by atoms with van der Waals surface area (Å²) in [4.78, 5) is 31.9. The van der Waals surface area contributed by atoms with Crippen molar-refractivity contribution in [2.24, 2.45) is 0 Å². The van der Waals surface area contributed by atoms with Gasteiger partial charge < -0.3 is 19.5 Å². The van der Waals surface area contributed by atoms with Gasteiger partial charge in [-0.2, -0.15) is 0 Å². The van der Waals surface area contributed by atoms with Crippen molar-refractivity contribution in [3.63, 3.8) is 0 Å². The summed E-state index contributed by atoms with van der Waals surface area (Å²) in [5.41, 5.74) is 2.99. The van der Waals surface area contributed by atoms with Crippen molar-refractivity contribution in [1.82, 2.24) is 9.88 Å². The van der Waals surface area contributed by atoms with E-state index in [0.29, 0.717) is 23.5 Å². The van der Waals surface area contributed by atoms with Crippen LogP contribution in [-0.2, 0) is 22.6 Å². The lowest BCUT2D eigenvalue weighted by Gasteiger charge is -2.25. The van der Waals surface area contributed by atoms with Crippen molar-refractivity contribution in [2.45, 2.75) is 19.0 Å². The molecule has 3 aromatic rings. The molecule has 1 fully saturated rings. The van der Waals surface area contributed by atoms with Crippen LogP contribution in [0.15, 0.2) is 72.6 Å². The lowest BCUT2D eigenvalue weighted by molar-refractivity contribution is -0.140. The number of rotatable bonds is 5. The van der Waals surface area contributed by atoms with Gasteiger partial charge in [-0.3, -0.25) is 14.6 Å². The van der Waals surface area contributed by atoms with Crippen LogP contribution in [0.3, 0.4) is 0 Å². The number of aromatic nitrogens is 1. The van der Waals surface area contributed by atoms with Gasteiger partial charge in [0.2, 0.25) is 0 Å². The first-order valence-electron chi connectivity index (χ1n) is 10.6. The van der Waals surface area contributed by atoms with Crippen LogP contribution >= 0.6 is 0 Å². The van der Waals surface area contributed by atoms with Crippen molar-refractivity contribution in [3.8, 4) is 11.5 Å². The number of carbonyl (C=O) groups is 2. The summed E-state index contributed by atoms with van der Waals surface area (Å²) in [7, 11) is 1.57. The number of Topliss-reactive ketones (excluding diaryl/α,β-unsaturated/α-hetero) is 1. The Morgan fingerprint density at radius 2 is 2.00 bits per heavy atom. The number of pyridine rings is 1. The van der Waals surface area contributed by atoms with Gasteiger partial charge in [-0.05, 0) is 53.1 Å². The van der Waals surface area contributed by atoms with E-state index in [1.165, 1.54) is 4.90 Å². The van der Waals surface area contributed by atoms with Gasteiger partial charge in [-0.15, -0.1) is 0 Å². The number of amides is 1. The molecule has 2 aromatic carbocycles. The molecule has 1 aromatic heterocycles. The summed E-state index contributed by atoms with van der Waals surface area (Å²) in [6.45, 7) is 0.769. The van der Waals surface area contributed by atoms with Crippen molar-refractivity contribution in [3.05, 3.63) is 94.8 Å². The highest BCUT2D eigenvalue weighted by Crippen LogP contribution is 2.41. The maximum Gasteiger partial charge on any atom is 0.295 e. The molecule has 7 heteroatoms. The van der Waals surface area contributed by atoms with Crippen molar-refractivity contribution in [2.75, 3.05) is 13.7 Å². The van der Waals surface area contributed by atoms with Crippen LogP contribution in [0.1, 0.15) is 28.3 Å². The van der Waals surface area contributed by atoms with Crippen molar-refractivity contribution >= 4 is 17.4 Å². The molecule has 3 heterocycles. The fourth-order valence-electron chi connectivity index (χ4n) is 4.35. The second-order valence-electron chi connectivity index (χ2n) is 7.98. The summed E-state index contributed by atoms with van der Waals surface area (Å²) < 4.78 is 10.8. The maximum atomic E-state index is 13.2. The minimum absolute atomic E-state index is 0.0629. The number of carbonyl (C=O) groups excluding carboxylic acids is 2. The minimum Gasteiger partial charge on any atom is -0.507 e. The van der Waals surface area contributed by atoms with E-state index in [4.69, 9.17) is 9.47 Å². The Labute approximate surface area is 190 Å². The molecule has 5 rings (SSSR count). The Balaban J connectivity index is 1.63. The Morgan fingerprint density at radius 1 is 1.18 bits per heavy atom. The smallest absolute Gasteiger partial charge is 0.295 e. The van der Waals surface area contributed by atoms with Gasteiger partial charge in [-0.25, -0.2) is 0 Å². The van der Waals surface area contributed by atoms with Gasteiger partial charge in [0.1, 0.15) is 17.3 Å². The lowest BCUT2D eigenvalue weighted by Crippen LogP contribution is -2.29. The minimum atomic E-state index is -0.749. The molecule has 2 aliphatic heterocycles. The summed E-state index contributed by atoms with van der Waals surface area (Å²) >= 11 is 0. The molecule has 0 saturated carbocycles. The molecule has 1 atom stereocenters. The molecule has 0 radical (unpaired) electrons. The average Bonchev–Trinajstić information content (AvgIpc) is 3.42. The number of aliphatic hydroxyl groups excluding tert-OH is 1. The Hall–Kier alpha value is -4.13. The third kappa shape index (κ3) is 3.71. The second kappa shape index (κ2) is 8.43. The fraction of sp³-hybridized carbons (Fsp3) is 0.192. The van der Waals surface area contributed by atoms with Gasteiger partial charge in [0.25, 0.3) is 11.7 Å². The van der Waals surface area contributed by atoms with Crippen LogP contribution < -0.4 is 9.47 Å². The third-order valence-corrected chi connectivity index (χ3v) is 6.01. The van der Waals surface area contributed by atoms with E-state index in [-0.39, 0.29) is 17.9 Å². The summed E-state index contributed by atoms with van der Waals surface area (Å²) in [5.74, 6) is -0.144. The summed E-state index contributed by atoms with van der Waals surface area (Å²) in [5, 5.41) is 11.3. The van der Waals surface area contributed by atoms with E-state index in [0.717, 1.165) is 23.3 Å². The monoisotopic (exact) mass is 442 g/mol. The molecule has 7 nitrogen and oxygen atoms in total. The summed E-state index contributed by atoms with van der Waals surface area (Å²) in [6.07, 6.45) is 4.04. The predicted molar refractivity (Wildman–Crippen MR) is 121 cm³/mol. The van der Waals surface area contributed by atoms with E-state index in [1.54, 1.807) is 62.0 Å². The van der Waals surface area contributed by atoms with Crippen LogP contribution in [-0.4, -0.2) is 40.4 Å². The number of hydrogen-bond acceptors (Lipinski definition) is 6. The highest BCUT2D eigenvalue weighted by Gasteiger charge is 2.46. The summed E-state index contributed by atoms with van der Waals surface area (Å²) in [6, 6.07) is 15.3. The fourth-order valence-corrected chi connectivity index (χ4v) is 4.35. The van der Waals surface area contributed by atoms with Gasteiger partial charge >= 0.3 is 0 Å². The molecule has 1 saturated heterocycles. The van der Waals surface area contributed by atoms with Gasteiger partial charge in [-0.1, -0.05) is 18.2 Å². The Kier molecular flexibility index (Phi) is 5.30. The number of methoxy groups -OCH3 is 1. The largest absolute Gasteiger partial charge is 0.507 e. The highest BCUT2D eigenvalue weighted by molar-refractivity contribution is 6.46. The number of ether oxygens (including phenoxy) is 2. The average molecular weight is 442 g/mol. The molecule has 1 N–H and O–H groups in total. The number of benzene rings is 2. The predicted octanol–water partition coefficient (Wildman–Crippen LogP) is 3.65. The van der Waals surface area contributed by atoms with Crippen LogP contribution in [0.5, 0.6) is 11.5 Å². The zero-order chi connectivity index (χ0) is 22.9. The maximum absolute atomic E-state index is 13.2. The van der Waals surface area contributed by atoms with E-state index in [2.05, 4.69) is 4.98 Å². The Morgan fingerprint density at radius 3 is 2.73 bits per heavy atom. The Bertz CT molecular complexity index is 1250. The number of likely N-dealkylation sites (tertiary alicyclic amines) is 1. The molecular weight excluding hydrogens is 420 g/mol. The van der Waals surface area contributed by atoms with Crippen LogP contribution in [0.25, 0.3) is 5.76 Å². The van der Waals surface area contributed by atoms with Gasteiger partial charge in [0, 0.05) is 30.9 Å². The standard InChI is InChI=1S/C26H22N2O5/c1-32-20-7-4-17(5-8-20)23-22(24(29)19-6-9-21-18(13-19)10-12-33-21)25(30)26(31)28(23)15-16-3-2-11-27-14-16/h2-9,11,13-14,23,29H,10,12,15H2,1H3/b24-22-. The van der Waals surface area contributed by atoms with Gasteiger partial charge in [0.05, 0.1) is 25.3 Å². The van der Waals surface area contributed by atoms with Gasteiger partial charge in [0.15, 0.2) is 0 Å². The molecule has 0 bridgehead atoms. The number of aliphatic hydroxyl groups is 1. The van der Waals surface area contributed by atoms with Crippen LogP contribution in [0, 0.1) is 0 Å². The first-order chi connectivity index (χ1) is 16.1. The normalized spacial score (nSPS) is 18.8. The number of hydrogen-bond donors (Lipinski definition) is 1. The first-order valence-corrected chi connectivity index (χ1v) is 10.6. The zero-order valence-corrected chi connectivity index (χ0v) is 18.0. The molecule has 1 unspecified atom stereocenters. The SMILES string of the molecule is COc1ccc(C2/C(=C(/O)c3ccc4c(c3)CCO4)C(=O)C(=O)N2Cc2cccnc2)cc1. The molecule has 2 aliphatic rings. The van der Waals surface area contributed by atoms with E-state index < -0.39 is 17.7 Å². The van der Waals surface area contributed by atoms with Crippen molar-refractivity contribution < 1.29 is 24.2 Å². The number of nitrogens with zero attached hydrogens (tertiary/aromatic N) is 2. The molecule has 1 amide bonds. The van der Waals surface area contributed by atoms with Crippen LogP contribution in [0.4, 0.5) is 0 Å².